The summed E-state index contributed by atoms with van der Waals surface area (Å²) in [4.78, 5) is 29.3. The Hall–Kier alpha value is -2.67. The molecular formula is C24H30FN3O3. The predicted octanol–water partition coefficient (Wildman–Crippen LogP) is 3.14. The fourth-order valence-corrected chi connectivity index (χ4v) is 4.68. The number of piperidine rings is 1. The van der Waals surface area contributed by atoms with E-state index in [1.54, 1.807) is 0 Å². The zero-order valence-electron chi connectivity index (χ0n) is 18.3. The Kier molecular flexibility index (Phi) is 6.41. The minimum Gasteiger partial charge on any atom is -0.466 e. The van der Waals surface area contributed by atoms with Crippen LogP contribution in [0.3, 0.4) is 0 Å². The lowest BCUT2D eigenvalue weighted by molar-refractivity contribution is -0.149. The van der Waals surface area contributed by atoms with Crippen LogP contribution in [-0.2, 0) is 36.1 Å². The fourth-order valence-electron chi connectivity index (χ4n) is 4.68. The summed E-state index contributed by atoms with van der Waals surface area (Å²) < 4.78 is 20.3. The highest BCUT2D eigenvalue weighted by Crippen LogP contribution is 2.26. The molecular weight excluding hydrogens is 397 g/mol. The van der Waals surface area contributed by atoms with Crippen molar-refractivity contribution < 1.29 is 18.7 Å². The quantitative estimate of drug-likeness (QED) is 0.688. The summed E-state index contributed by atoms with van der Waals surface area (Å²) in [7, 11) is 1.97. The molecule has 7 heteroatoms. The van der Waals surface area contributed by atoms with Gasteiger partial charge in [0.1, 0.15) is 11.5 Å². The van der Waals surface area contributed by atoms with E-state index in [9.17, 15) is 14.0 Å². The van der Waals surface area contributed by atoms with E-state index in [0.717, 1.165) is 31.6 Å². The smallest absolute Gasteiger partial charge is 0.309 e. The van der Waals surface area contributed by atoms with Gasteiger partial charge in [0.05, 0.1) is 12.5 Å². The Labute approximate surface area is 182 Å². The molecule has 4 rings (SSSR count). The van der Waals surface area contributed by atoms with Gasteiger partial charge in [0.25, 0.3) is 5.91 Å². The molecule has 1 saturated heterocycles. The standard InChI is InChI=1S/C24H30FN3O3/c1-3-31-24(30)18-8-12-28(13-9-18)23(29)22-14-19-16-27(11-10-21(19)26(22)2)15-17-4-6-20(25)7-5-17/h4-7,14,18H,3,8-13,15-16H2,1-2H3. The highest BCUT2D eigenvalue weighted by molar-refractivity contribution is 5.93. The van der Waals surface area contributed by atoms with Gasteiger partial charge in [0.15, 0.2) is 0 Å². The molecule has 0 unspecified atom stereocenters. The maximum atomic E-state index is 13.2. The molecule has 31 heavy (non-hydrogen) atoms. The number of hydrogen-bond donors (Lipinski definition) is 0. The number of halogens is 1. The van der Waals surface area contributed by atoms with Crippen molar-refractivity contribution in [3.8, 4) is 0 Å². The first kappa shape index (κ1) is 21.6. The summed E-state index contributed by atoms with van der Waals surface area (Å²) in [6, 6.07) is 8.66. The topological polar surface area (TPSA) is 54.8 Å². The van der Waals surface area contributed by atoms with Gasteiger partial charge in [-0.1, -0.05) is 12.1 Å². The van der Waals surface area contributed by atoms with Crippen molar-refractivity contribution in [2.24, 2.45) is 13.0 Å². The Balaban J connectivity index is 1.40. The van der Waals surface area contributed by atoms with Crippen molar-refractivity contribution in [3.05, 3.63) is 58.7 Å². The molecule has 6 nitrogen and oxygen atoms in total. The van der Waals surface area contributed by atoms with Gasteiger partial charge in [-0.3, -0.25) is 14.5 Å². The molecule has 2 aliphatic rings. The van der Waals surface area contributed by atoms with Crippen molar-refractivity contribution >= 4 is 11.9 Å². The third-order valence-corrected chi connectivity index (χ3v) is 6.45. The Bertz CT molecular complexity index is 946. The molecule has 2 aromatic rings. The Morgan fingerprint density at radius 1 is 1.13 bits per heavy atom. The van der Waals surface area contributed by atoms with Crippen LogP contribution in [0.1, 0.15) is 47.1 Å². The van der Waals surface area contributed by atoms with Gasteiger partial charge in [0.2, 0.25) is 0 Å². The third kappa shape index (κ3) is 4.66. The normalized spacial score (nSPS) is 17.5. The highest BCUT2D eigenvalue weighted by atomic mass is 19.1. The van der Waals surface area contributed by atoms with Crippen LogP contribution in [0.25, 0.3) is 0 Å². The number of carbonyl (C=O) groups excluding carboxylic acids is 2. The number of esters is 1. The van der Waals surface area contributed by atoms with Crippen LogP contribution in [0.4, 0.5) is 4.39 Å². The highest BCUT2D eigenvalue weighted by Gasteiger charge is 2.31. The number of amides is 1. The van der Waals surface area contributed by atoms with Crippen molar-refractivity contribution in [2.75, 3.05) is 26.2 Å². The van der Waals surface area contributed by atoms with Crippen molar-refractivity contribution in [2.45, 2.75) is 39.3 Å². The minimum absolute atomic E-state index is 0.0318. The van der Waals surface area contributed by atoms with Gasteiger partial charge in [-0.05, 0) is 49.1 Å². The van der Waals surface area contributed by atoms with Crippen molar-refractivity contribution in [1.29, 1.82) is 0 Å². The lowest BCUT2D eigenvalue weighted by Gasteiger charge is -2.31. The van der Waals surface area contributed by atoms with E-state index in [0.29, 0.717) is 38.2 Å². The van der Waals surface area contributed by atoms with Crippen LogP contribution < -0.4 is 0 Å². The van der Waals surface area contributed by atoms with Gasteiger partial charge in [0, 0.05) is 51.9 Å². The Morgan fingerprint density at radius 2 is 1.84 bits per heavy atom. The van der Waals surface area contributed by atoms with E-state index in [1.165, 1.54) is 23.4 Å². The minimum atomic E-state index is -0.220. The van der Waals surface area contributed by atoms with E-state index >= 15 is 0 Å². The first-order chi connectivity index (χ1) is 15.0. The zero-order valence-corrected chi connectivity index (χ0v) is 18.3. The lowest BCUT2D eigenvalue weighted by atomic mass is 9.97. The van der Waals surface area contributed by atoms with E-state index in [2.05, 4.69) is 4.90 Å². The summed E-state index contributed by atoms with van der Waals surface area (Å²) in [5.74, 6) is -0.442. The zero-order chi connectivity index (χ0) is 22.0. The molecule has 0 spiro atoms. The number of rotatable bonds is 5. The van der Waals surface area contributed by atoms with Crippen LogP contribution in [0.2, 0.25) is 0 Å². The molecule has 0 atom stereocenters. The molecule has 1 amide bonds. The van der Waals surface area contributed by atoms with Crippen LogP contribution in [0.15, 0.2) is 30.3 Å². The number of fused-ring (bicyclic) bond motifs is 1. The average molecular weight is 428 g/mol. The second-order valence-electron chi connectivity index (χ2n) is 8.47. The van der Waals surface area contributed by atoms with E-state index < -0.39 is 0 Å². The second kappa shape index (κ2) is 9.22. The third-order valence-electron chi connectivity index (χ3n) is 6.45. The van der Waals surface area contributed by atoms with Gasteiger partial charge < -0.3 is 14.2 Å². The first-order valence-electron chi connectivity index (χ1n) is 11.1. The molecule has 2 aliphatic heterocycles. The maximum Gasteiger partial charge on any atom is 0.309 e. The predicted molar refractivity (Wildman–Crippen MR) is 115 cm³/mol. The second-order valence-corrected chi connectivity index (χ2v) is 8.47. The maximum absolute atomic E-state index is 13.2. The molecule has 0 radical (unpaired) electrons. The van der Waals surface area contributed by atoms with Crippen LogP contribution in [0, 0.1) is 11.7 Å². The Morgan fingerprint density at radius 3 is 2.52 bits per heavy atom. The summed E-state index contributed by atoms with van der Waals surface area (Å²) in [5, 5.41) is 0. The molecule has 166 valence electrons. The number of likely N-dealkylation sites (tertiary alicyclic amines) is 1. The molecule has 0 N–H and O–H groups in total. The van der Waals surface area contributed by atoms with Gasteiger partial charge in [-0.2, -0.15) is 0 Å². The van der Waals surface area contributed by atoms with E-state index in [1.807, 2.05) is 41.6 Å². The summed E-state index contributed by atoms with van der Waals surface area (Å²) in [6.45, 7) is 5.81. The molecule has 3 heterocycles. The number of nitrogens with zero attached hydrogens (tertiary/aromatic N) is 3. The molecule has 1 aromatic carbocycles. The van der Waals surface area contributed by atoms with E-state index in [-0.39, 0.29) is 23.6 Å². The fraction of sp³-hybridized carbons (Fsp3) is 0.500. The SMILES string of the molecule is CCOC(=O)C1CCN(C(=O)c2cc3c(n2C)CCN(Cc2ccc(F)cc2)C3)CC1. The summed E-state index contributed by atoms with van der Waals surface area (Å²) in [6.07, 6.45) is 2.19. The molecule has 0 saturated carbocycles. The van der Waals surface area contributed by atoms with Gasteiger partial charge >= 0.3 is 5.97 Å². The first-order valence-corrected chi connectivity index (χ1v) is 11.1. The number of aromatic nitrogens is 1. The monoisotopic (exact) mass is 427 g/mol. The molecule has 1 aromatic heterocycles. The molecule has 1 fully saturated rings. The van der Waals surface area contributed by atoms with Crippen LogP contribution >= 0.6 is 0 Å². The largest absolute Gasteiger partial charge is 0.466 e. The number of hydrogen-bond acceptors (Lipinski definition) is 4. The number of carbonyl (C=O) groups is 2. The number of ether oxygens (including phenoxy) is 1. The van der Waals surface area contributed by atoms with Crippen LogP contribution in [0.5, 0.6) is 0 Å². The molecule has 0 bridgehead atoms. The van der Waals surface area contributed by atoms with Gasteiger partial charge in [-0.25, -0.2) is 4.39 Å². The van der Waals surface area contributed by atoms with Crippen molar-refractivity contribution in [3.63, 3.8) is 0 Å². The summed E-state index contributed by atoms with van der Waals surface area (Å²) >= 11 is 0. The van der Waals surface area contributed by atoms with E-state index in [4.69, 9.17) is 4.74 Å². The van der Waals surface area contributed by atoms with Crippen LogP contribution in [-0.4, -0.2) is 52.5 Å². The van der Waals surface area contributed by atoms with Crippen molar-refractivity contribution in [1.82, 2.24) is 14.4 Å². The molecule has 0 aliphatic carbocycles. The average Bonchev–Trinajstić information content (AvgIpc) is 3.11. The van der Waals surface area contributed by atoms with Gasteiger partial charge in [-0.15, -0.1) is 0 Å². The number of benzene rings is 1. The summed E-state index contributed by atoms with van der Waals surface area (Å²) in [5.41, 5.74) is 4.19. The lowest BCUT2D eigenvalue weighted by Crippen LogP contribution is -2.41.